The summed E-state index contributed by atoms with van der Waals surface area (Å²) in [6.45, 7) is 0.639. The smallest absolute Gasteiger partial charge is 0.342 e. The van der Waals surface area contributed by atoms with Gasteiger partial charge in [0.25, 0.3) is 0 Å². The van der Waals surface area contributed by atoms with Crippen molar-refractivity contribution in [1.82, 2.24) is 9.97 Å². The van der Waals surface area contributed by atoms with Crippen molar-refractivity contribution >= 4 is 17.6 Å². The Kier molecular flexibility index (Phi) is 5.14. The van der Waals surface area contributed by atoms with Gasteiger partial charge in [-0.25, -0.2) is 14.8 Å². The van der Waals surface area contributed by atoms with Crippen LogP contribution >= 0.6 is 11.6 Å². The lowest BCUT2D eigenvalue weighted by Crippen LogP contribution is -2.07. The number of aryl methyl sites for hydroxylation is 1. The van der Waals surface area contributed by atoms with E-state index >= 15 is 0 Å². The molecule has 1 heterocycles. The quantitative estimate of drug-likeness (QED) is 0.446. The summed E-state index contributed by atoms with van der Waals surface area (Å²) in [6, 6.07) is 0. The van der Waals surface area contributed by atoms with Crippen molar-refractivity contribution in [2.45, 2.75) is 12.8 Å². The predicted octanol–water partition coefficient (Wildman–Crippen LogP) is 1.50. The highest BCUT2D eigenvalue weighted by Crippen LogP contribution is 2.13. The Morgan fingerprint density at radius 2 is 2.25 bits per heavy atom. The van der Waals surface area contributed by atoms with E-state index in [0.717, 1.165) is 6.42 Å². The van der Waals surface area contributed by atoms with Crippen molar-refractivity contribution in [3.05, 3.63) is 22.7 Å². The third-order valence-electron chi connectivity index (χ3n) is 1.95. The minimum Gasteiger partial charge on any atom is -0.465 e. The van der Waals surface area contributed by atoms with Crippen LogP contribution in [0.3, 0.4) is 0 Å². The van der Waals surface area contributed by atoms with Crippen LogP contribution in [0.2, 0.25) is 5.15 Å². The minimum absolute atomic E-state index is 0.120. The molecule has 0 radical (unpaired) electrons. The van der Waals surface area contributed by atoms with E-state index < -0.39 is 5.97 Å². The van der Waals surface area contributed by atoms with Crippen LogP contribution in [-0.4, -0.2) is 36.8 Å². The summed E-state index contributed by atoms with van der Waals surface area (Å²) in [5.41, 5.74) is 0.180. The van der Waals surface area contributed by atoms with Crippen LogP contribution in [0.5, 0.6) is 0 Å². The molecule has 1 aromatic rings. The third kappa shape index (κ3) is 3.43. The van der Waals surface area contributed by atoms with Gasteiger partial charge in [0.2, 0.25) is 0 Å². The first-order valence-corrected chi connectivity index (χ1v) is 5.15. The van der Waals surface area contributed by atoms with E-state index in [1.54, 1.807) is 7.11 Å². The fourth-order valence-electron chi connectivity index (χ4n) is 1.14. The molecule has 0 aliphatic rings. The maximum atomic E-state index is 11.2. The summed E-state index contributed by atoms with van der Waals surface area (Å²) >= 11 is 5.83. The molecule has 0 aliphatic carbocycles. The average Bonchev–Trinajstić information content (AvgIpc) is 2.29. The third-order valence-corrected chi connectivity index (χ3v) is 2.23. The second-order valence-electron chi connectivity index (χ2n) is 3.08. The molecule has 0 saturated heterocycles. The highest BCUT2D eigenvalue weighted by molar-refractivity contribution is 6.32. The van der Waals surface area contributed by atoms with E-state index in [1.165, 1.54) is 13.3 Å². The van der Waals surface area contributed by atoms with Gasteiger partial charge in [0, 0.05) is 26.3 Å². The molecule has 0 atom stereocenters. The van der Waals surface area contributed by atoms with Gasteiger partial charge in [-0.1, -0.05) is 11.6 Å². The first kappa shape index (κ1) is 12.9. The van der Waals surface area contributed by atoms with Crippen LogP contribution in [0.25, 0.3) is 0 Å². The monoisotopic (exact) mass is 244 g/mol. The molecule has 0 aliphatic heterocycles. The van der Waals surface area contributed by atoms with Crippen LogP contribution in [0.15, 0.2) is 6.20 Å². The Bertz CT molecular complexity index is 371. The fraction of sp³-hybridized carbons (Fsp3) is 0.500. The van der Waals surface area contributed by atoms with Crippen molar-refractivity contribution < 1.29 is 14.3 Å². The highest BCUT2D eigenvalue weighted by Gasteiger charge is 2.13. The van der Waals surface area contributed by atoms with Crippen molar-refractivity contribution in [3.63, 3.8) is 0 Å². The first-order valence-electron chi connectivity index (χ1n) is 4.77. The van der Waals surface area contributed by atoms with E-state index in [9.17, 15) is 4.79 Å². The average molecular weight is 245 g/mol. The van der Waals surface area contributed by atoms with Gasteiger partial charge >= 0.3 is 5.97 Å². The molecule has 0 spiro atoms. The number of carbonyl (C=O) groups is 1. The lowest BCUT2D eigenvalue weighted by Gasteiger charge is -2.03. The lowest BCUT2D eigenvalue weighted by molar-refractivity contribution is 0.0600. The molecular weight excluding hydrogens is 232 g/mol. The molecule has 0 aromatic carbocycles. The van der Waals surface area contributed by atoms with Crippen LogP contribution in [0.1, 0.15) is 22.6 Å². The molecule has 0 N–H and O–H groups in total. The van der Waals surface area contributed by atoms with E-state index in [2.05, 4.69) is 14.7 Å². The molecule has 0 amide bonds. The Morgan fingerprint density at radius 3 is 2.81 bits per heavy atom. The SMILES string of the molecule is COCCCc1ncc(C(=O)OC)c(Cl)n1. The number of methoxy groups -OCH3 is 2. The number of rotatable bonds is 5. The largest absolute Gasteiger partial charge is 0.465 e. The number of esters is 1. The summed E-state index contributed by atoms with van der Waals surface area (Å²) in [5.74, 6) is 0.0585. The number of aromatic nitrogens is 2. The number of hydrogen-bond donors (Lipinski definition) is 0. The normalized spacial score (nSPS) is 10.2. The van der Waals surface area contributed by atoms with Gasteiger partial charge in [0.05, 0.1) is 7.11 Å². The zero-order valence-corrected chi connectivity index (χ0v) is 9.95. The standard InChI is InChI=1S/C10H13ClN2O3/c1-15-5-3-4-8-12-6-7(9(11)13-8)10(14)16-2/h6H,3-5H2,1-2H3. The summed E-state index contributed by atoms with van der Waals surface area (Å²) in [5, 5.41) is 0.120. The predicted molar refractivity (Wildman–Crippen MR) is 58.6 cm³/mol. The van der Waals surface area contributed by atoms with E-state index in [-0.39, 0.29) is 10.7 Å². The first-order chi connectivity index (χ1) is 7.69. The highest BCUT2D eigenvalue weighted by atomic mass is 35.5. The Morgan fingerprint density at radius 1 is 1.50 bits per heavy atom. The zero-order chi connectivity index (χ0) is 12.0. The van der Waals surface area contributed by atoms with Crippen molar-refractivity contribution in [2.75, 3.05) is 20.8 Å². The maximum Gasteiger partial charge on any atom is 0.342 e. The van der Waals surface area contributed by atoms with Crippen molar-refractivity contribution in [1.29, 1.82) is 0 Å². The van der Waals surface area contributed by atoms with Crippen LogP contribution < -0.4 is 0 Å². The molecule has 0 unspecified atom stereocenters. The van der Waals surface area contributed by atoms with Crippen molar-refractivity contribution in [3.8, 4) is 0 Å². The van der Waals surface area contributed by atoms with Crippen molar-refractivity contribution in [2.24, 2.45) is 0 Å². The van der Waals surface area contributed by atoms with Gasteiger partial charge in [-0.3, -0.25) is 0 Å². The zero-order valence-electron chi connectivity index (χ0n) is 9.20. The molecule has 5 nitrogen and oxygen atoms in total. The number of nitrogens with zero attached hydrogens (tertiary/aromatic N) is 2. The summed E-state index contributed by atoms with van der Waals surface area (Å²) < 4.78 is 9.44. The molecule has 1 aromatic heterocycles. The Labute approximate surface area is 98.8 Å². The molecule has 1 rings (SSSR count). The second-order valence-corrected chi connectivity index (χ2v) is 3.44. The van der Waals surface area contributed by atoms with Gasteiger partial charge in [-0.05, 0) is 6.42 Å². The molecule has 0 fully saturated rings. The van der Waals surface area contributed by atoms with Crippen LogP contribution in [0, 0.1) is 0 Å². The van der Waals surface area contributed by atoms with Gasteiger partial charge in [0.1, 0.15) is 16.5 Å². The van der Waals surface area contributed by atoms with Crippen LogP contribution in [-0.2, 0) is 15.9 Å². The van der Waals surface area contributed by atoms with Gasteiger partial charge in [-0.2, -0.15) is 0 Å². The van der Waals surface area contributed by atoms with E-state index in [4.69, 9.17) is 16.3 Å². The van der Waals surface area contributed by atoms with Gasteiger partial charge < -0.3 is 9.47 Å². The van der Waals surface area contributed by atoms with E-state index in [1.807, 2.05) is 0 Å². The van der Waals surface area contributed by atoms with Crippen LogP contribution in [0.4, 0.5) is 0 Å². The number of hydrogen-bond acceptors (Lipinski definition) is 5. The number of halogens is 1. The molecule has 88 valence electrons. The molecular formula is C10H13ClN2O3. The minimum atomic E-state index is -0.534. The summed E-state index contributed by atoms with van der Waals surface area (Å²) in [6.07, 6.45) is 2.85. The molecule has 0 saturated carbocycles. The number of ether oxygens (including phenoxy) is 2. The molecule has 6 heteroatoms. The molecule has 16 heavy (non-hydrogen) atoms. The summed E-state index contributed by atoms with van der Waals surface area (Å²) in [4.78, 5) is 19.2. The fourth-order valence-corrected chi connectivity index (χ4v) is 1.36. The second kappa shape index (κ2) is 6.40. The number of carbonyl (C=O) groups excluding carboxylic acids is 1. The summed E-state index contributed by atoms with van der Waals surface area (Å²) in [7, 11) is 2.92. The Balaban J connectivity index is 2.71. The van der Waals surface area contributed by atoms with Gasteiger partial charge in [-0.15, -0.1) is 0 Å². The van der Waals surface area contributed by atoms with Gasteiger partial charge in [0.15, 0.2) is 0 Å². The Hall–Kier alpha value is -1.20. The maximum absolute atomic E-state index is 11.2. The molecule has 0 bridgehead atoms. The topological polar surface area (TPSA) is 61.3 Å². The lowest BCUT2D eigenvalue weighted by atomic mass is 10.3. The van der Waals surface area contributed by atoms with E-state index in [0.29, 0.717) is 18.9 Å².